The molecule has 0 bridgehead atoms. The lowest BCUT2D eigenvalue weighted by Gasteiger charge is -2.04. The molecule has 2 rings (SSSR count). The Morgan fingerprint density at radius 3 is 2.88 bits per heavy atom. The SMILES string of the molecule is O=C(NCCc1ccncc1)Nc1nncs1. The van der Waals surface area contributed by atoms with Crippen LogP contribution in [-0.2, 0) is 6.42 Å². The normalized spacial score (nSPS) is 9.88. The van der Waals surface area contributed by atoms with Crippen LogP contribution < -0.4 is 10.6 Å². The van der Waals surface area contributed by atoms with Gasteiger partial charge in [-0.05, 0) is 24.1 Å². The van der Waals surface area contributed by atoms with E-state index in [0.717, 1.165) is 12.0 Å². The fraction of sp³-hybridized carbons (Fsp3) is 0.200. The van der Waals surface area contributed by atoms with Gasteiger partial charge in [-0.1, -0.05) is 11.3 Å². The Kier molecular flexibility index (Phi) is 3.98. The molecule has 0 aromatic carbocycles. The first-order valence-electron chi connectivity index (χ1n) is 5.04. The molecule has 88 valence electrons. The lowest BCUT2D eigenvalue weighted by atomic mass is 10.2. The predicted octanol–water partition coefficient (Wildman–Crippen LogP) is 1.30. The number of amides is 2. The summed E-state index contributed by atoms with van der Waals surface area (Å²) in [7, 11) is 0. The molecule has 2 amide bonds. The van der Waals surface area contributed by atoms with Crippen LogP contribution in [0.5, 0.6) is 0 Å². The molecule has 0 aliphatic heterocycles. The number of hydrogen-bond donors (Lipinski definition) is 2. The summed E-state index contributed by atoms with van der Waals surface area (Å²) in [5.74, 6) is 0. The summed E-state index contributed by atoms with van der Waals surface area (Å²) in [6.45, 7) is 0.564. The topological polar surface area (TPSA) is 79.8 Å². The van der Waals surface area contributed by atoms with Crippen LogP contribution in [-0.4, -0.2) is 27.8 Å². The third kappa shape index (κ3) is 3.80. The maximum atomic E-state index is 11.4. The van der Waals surface area contributed by atoms with Gasteiger partial charge < -0.3 is 5.32 Å². The second-order valence-corrected chi connectivity index (χ2v) is 4.06. The lowest BCUT2D eigenvalue weighted by Crippen LogP contribution is -2.30. The molecule has 17 heavy (non-hydrogen) atoms. The number of carbonyl (C=O) groups is 1. The van der Waals surface area contributed by atoms with Gasteiger partial charge in [0.15, 0.2) is 0 Å². The molecule has 2 heterocycles. The Balaban J connectivity index is 1.70. The number of nitrogens with one attached hydrogen (secondary N) is 2. The second-order valence-electron chi connectivity index (χ2n) is 3.23. The maximum Gasteiger partial charge on any atom is 0.321 e. The summed E-state index contributed by atoms with van der Waals surface area (Å²) in [5.41, 5.74) is 2.70. The van der Waals surface area contributed by atoms with Crippen molar-refractivity contribution in [2.75, 3.05) is 11.9 Å². The fourth-order valence-electron chi connectivity index (χ4n) is 1.24. The van der Waals surface area contributed by atoms with Crippen molar-refractivity contribution in [1.82, 2.24) is 20.5 Å². The van der Waals surface area contributed by atoms with Crippen LogP contribution in [0.25, 0.3) is 0 Å². The van der Waals surface area contributed by atoms with Gasteiger partial charge in [0.05, 0.1) is 0 Å². The fourth-order valence-corrected chi connectivity index (χ4v) is 1.68. The van der Waals surface area contributed by atoms with E-state index >= 15 is 0 Å². The zero-order valence-corrected chi connectivity index (χ0v) is 9.78. The van der Waals surface area contributed by atoms with Crippen molar-refractivity contribution in [3.63, 3.8) is 0 Å². The minimum atomic E-state index is -0.268. The van der Waals surface area contributed by atoms with Crippen molar-refractivity contribution < 1.29 is 4.79 Å². The van der Waals surface area contributed by atoms with E-state index in [0.29, 0.717) is 11.7 Å². The molecule has 0 atom stereocenters. The minimum absolute atomic E-state index is 0.268. The van der Waals surface area contributed by atoms with Gasteiger partial charge in [-0.2, -0.15) is 0 Å². The second kappa shape index (κ2) is 5.90. The van der Waals surface area contributed by atoms with Crippen LogP contribution in [0, 0.1) is 0 Å². The Morgan fingerprint density at radius 2 is 2.18 bits per heavy atom. The summed E-state index contributed by atoms with van der Waals surface area (Å²) < 4.78 is 0. The standard InChI is InChI=1S/C10H11N5OS/c16-9(14-10-15-13-7-17-10)12-6-3-8-1-4-11-5-2-8/h1-2,4-5,7H,3,6H2,(H2,12,14,15,16). The van der Waals surface area contributed by atoms with E-state index in [9.17, 15) is 4.79 Å². The first-order valence-corrected chi connectivity index (χ1v) is 5.92. The molecule has 2 N–H and O–H groups in total. The highest BCUT2D eigenvalue weighted by Gasteiger charge is 2.02. The van der Waals surface area contributed by atoms with Crippen molar-refractivity contribution in [2.24, 2.45) is 0 Å². The molecule has 0 radical (unpaired) electrons. The van der Waals surface area contributed by atoms with Crippen molar-refractivity contribution in [1.29, 1.82) is 0 Å². The van der Waals surface area contributed by atoms with Crippen molar-refractivity contribution in [3.05, 3.63) is 35.6 Å². The summed E-state index contributed by atoms with van der Waals surface area (Å²) in [6.07, 6.45) is 4.24. The molecule has 2 aromatic heterocycles. The highest BCUT2D eigenvalue weighted by molar-refractivity contribution is 7.13. The van der Waals surface area contributed by atoms with Crippen LogP contribution in [0.15, 0.2) is 30.0 Å². The van der Waals surface area contributed by atoms with Crippen LogP contribution >= 0.6 is 11.3 Å². The first-order chi connectivity index (χ1) is 8.34. The molecular weight excluding hydrogens is 238 g/mol. The molecule has 0 aliphatic rings. The van der Waals surface area contributed by atoms with E-state index in [1.54, 1.807) is 17.9 Å². The minimum Gasteiger partial charge on any atom is -0.337 e. The molecule has 0 fully saturated rings. The number of urea groups is 1. The number of anilines is 1. The number of aromatic nitrogens is 3. The molecule has 7 heteroatoms. The molecule has 2 aromatic rings. The zero-order valence-electron chi connectivity index (χ0n) is 8.96. The van der Waals surface area contributed by atoms with Gasteiger partial charge in [-0.25, -0.2) is 4.79 Å². The Bertz CT molecular complexity index is 459. The molecule has 0 saturated heterocycles. The molecular formula is C10H11N5OS. The Hall–Kier alpha value is -2.02. The number of pyridine rings is 1. The van der Waals surface area contributed by atoms with Crippen molar-refractivity contribution in [3.8, 4) is 0 Å². The van der Waals surface area contributed by atoms with Gasteiger partial charge in [0.2, 0.25) is 5.13 Å². The van der Waals surface area contributed by atoms with Crippen molar-refractivity contribution in [2.45, 2.75) is 6.42 Å². The third-order valence-electron chi connectivity index (χ3n) is 2.03. The number of nitrogens with zero attached hydrogens (tertiary/aromatic N) is 3. The average molecular weight is 249 g/mol. The van der Waals surface area contributed by atoms with Gasteiger partial charge >= 0.3 is 6.03 Å². The Labute approximate surface area is 102 Å². The van der Waals surface area contributed by atoms with Gasteiger partial charge in [0.1, 0.15) is 5.51 Å². The van der Waals surface area contributed by atoms with Crippen LogP contribution in [0.1, 0.15) is 5.56 Å². The molecule has 0 saturated carbocycles. The molecule has 0 aliphatic carbocycles. The highest BCUT2D eigenvalue weighted by Crippen LogP contribution is 2.06. The van der Waals surface area contributed by atoms with E-state index in [4.69, 9.17) is 0 Å². The zero-order chi connectivity index (χ0) is 11.9. The smallest absolute Gasteiger partial charge is 0.321 e. The molecule has 0 unspecified atom stereocenters. The van der Waals surface area contributed by atoms with Gasteiger partial charge in [-0.3, -0.25) is 10.3 Å². The molecule has 6 nitrogen and oxygen atoms in total. The van der Waals surface area contributed by atoms with Crippen LogP contribution in [0.3, 0.4) is 0 Å². The van der Waals surface area contributed by atoms with E-state index < -0.39 is 0 Å². The molecule has 0 spiro atoms. The summed E-state index contributed by atoms with van der Waals surface area (Å²) in [5, 5.41) is 13.2. The predicted molar refractivity (Wildman–Crippen MR) is 64.9 cm³/mol. The van der Waals surface area contributed by atoms with Crippen molar-refractivity contribution >= 4 is 22.5 Å². The van der Waals surface area contributed by atoms with E-state index in [-0.39, 0.29) is 6.03 Å². The maximum absolute atomic E-state index is 11.4. The monoisotopic (exact) mass is 249 g/mol. The highest BCUT2D eigenvalue weighted by atomic mass is 32.1. The van der Waals surface area contributed by atoms with E-state index in [2.05, 4.69) is 25.8 Å². The third-order valence-corrected chi connectivity index (χ3v) is 2.64. The van der Waals surface area contributed by atoms with E-state index in [1.165, 1.54) is 11.3 Å². The quantitative estimate of drug-likeness (QED) is 0.855. The number of rotatable bonds is 4. The van der Waals surface area contributed by atoms with Gasteiger partial charge in [-0.15, -0.1) is 10.2 Å². The summed E-state index contributed by atoms with van der Waals surface area (Å²) in [6, 6.07) is 3.57. The summed E-state index contributed by atoms with van der Waals surface area (Å²) >= 11 is 1.28. The average Bonchev–Trinajstić information content (AvgIpc) is 2.83. The first kappa shape index (κ1) is 11.5. The number of hydrogen-bond acceptors (Lipinski definition) is 5. The van der Waals surface area contributed by atoms with Crippen LogP contribution in [0.2, 0.25) is 0 Å². The van der Waals surface area contributed by atoms with Crippen LogP contribution in [0.4, 0.5) is 9.93 Å². The van der Waals surface area contributed by atoms with Gasteiger partial charge in [0.25, 0.3) is 0 Å². The number of carbonyl (C=O) groups excluding carboxylic acids is 1. The Morgan fingerprint density at radius 1 is 1.35 bits per heavy atom. The van der Waals surface area contributed by atoms with Gasteiger partial charge in [0, 0.05) is 18.9 Å². The summed E-state index contributed by atoms with van der Waals surface area (Å²) in [4.78, 5) is 15.3. The largest absolute Gasteiger partial charge is 0.337 e. The van der Waals surface area contributed by atoms with E-state index in [1.807, 2.05) is 12.1 Å². The lowest BCUT2D eigenvalue weighted by molar-refractivity contribution is 0.252.